The highest BCUT2D eigenvalue weighted by Crippen LogP contribution is 2.38. The lowest BCUT2D eigenvalue weighted by molar-refractivity contribution is 0.279. The number of hydrogen-bond acceptors (Lipinski definition) is 4. The van der Waals surface area contributed by atoms with Gasteiger partial charge in [0, 0.05) is 21.2 Å². The number of fused-ring (bicyclic) bond motifs is 1. The SMILES string of the molecule is OCc1ccc(Cl)cc1Sc1ccc2c(c1)OCCCO2. The molecule has 3 nitrogen and oxygen atoms in total. The predicted molar refractivity (Wildman–Crippen MR) is 83.5 cm³/mol. The summed E-state index contributed by atoms with van der Waals surface area (Å²) in [7, 11) is 0. The molecular weight excluding hydrogens is 308 g/mol. The van der Waals surface area contributed by atoms with Crippen LogP contribution in [-0.2, 0) is 6.61 Å². The maximum Gasteiger partial charge on any atom is 0.162 e. The molecule has 0 spiro atoms. The Labute approximate surface area is 132 Å². The molecule has 1 N–H and O–H groups in total. The zero-order valence-corrected chi connectivity index (χ0v) is 12.9. The average molecular weight is 323 g/mol. The van der Waals surface area contributed by atoms with Crippen LogP contribution in [0.5, 0.6) is 11.5 Å². The maximum absolute atomic E-state index is 9.42. The first-order valence-electron chi connectivity index (χ1n) is 6.73. The van der Waals surface area contributed by atoms with E-state index < -0.39 is 0 Å². The predicted octanol–water partition coefficient (Wildman–Crippen LogP) is 4.14. The van der Waals surface area contributed by atoms with Gasteiger partial charge in [0.15, 0.2) is 11.5 Å². The van der Waals surface area contributed by atoms with Gasteiger partial charge in [0.05, 0.1) is 19.8 Å². The van der Waals surface area contributed by atoms with E-state index in [0.717, 1.165) is 33.3 Å². The molecule has 0 fully saturated rings. The summed E-state index contributed by atoms with van der Waals surface area (Å²) in [5.41, 5.74) is 0.858. The molecule has 0 aliphatic carbocycles. The van der Waals surface area contributed by atoms with Crippen LogP contribution in [-0.4, -0.2) is 18.3 Å². The molecule has 110 valence electrons. The Balaban J connectivity index is 1.88. The molecular formula is C16H15ClO3S. The summed E-state index contributed by atoms with van der Waals surface area (Å²) in [6.07, 6.45) is 0.889. The standard InChI is InChI=1S/C16H15ClO3S/c17-12-3-2-11(10-18)16(8-12)21-13-4-5-14-15(9-13)20-7-1-6-19-14/h2-5,8-9,18H,1,6-7,10H2. The van der Waals surface area contributed by atoms with Gasteiger partial charge in [-0.15, -0.1) is 0 Å². The first kappa shape index (κ1) is 14.6. The second kappa shape index (κ2) is 6.60. The highest BCUT2D eigenvalue weighted by Gasteiger charge is 2.12. The lowest BCUT2D eigenvalue weighted by Crippen LogP contribution is -1.97. The fourth-order valence-electron chi connectivity index (χ4n) is 2.09. The van der Waals surface area contributed by atoms with Crippen LogP contribution >= 0.6 is 23.4 Å². The Morgan fingerprint density at radius 2 is 1.86 bits per heavy atom. The van der Waals surface area contributed by atoms with Crippen molar-refractivity contribution in [2.45, 2.75) is 22.8 Å². The van der Waals surface area contributed by atoms with Crippen molar-refractivity contribution in [1.82, 2.24) is 0 Å². The van der Waals surface area contributed by atoms with Crippen LogP contribution in [0.15, 0.2) is 46.2 Å². The van der Waals surface area contributed by atoms with E-state index in [-0.39, 0.29) is 6.61 Å². The summed E-state index contributed by atoms with van der Waals surface area (Å²) in [6, 6.07) is 11.4. The van der Waals surface area contributed by atoms with Gasteiger partial charge in [0.1, 0.15) is 0 Å². The molecule has 0 saturated carbocycles. The lowest BCUT2D eigenvalue weighted by Gasteiger charge is -2.11. The molecule has 21 heavy (non-hydrogen) atoms. The summed E-state index contributed by atoms with van der Waals surface area (Å²) in [5, 5.41) is 10.1. The van der Waals surface area contributed by atoms with Gasteiger partial charge in [-0.1, -0.05) is 29.4 Å². The van der Waals surface area contributed by atoms with Gasteiger partial charge in [-0.25, -0.2) is 0 Å². The van der Waals surface area contributed by atoms with Gasteiger partial charge in [0.2, 0.25) is 0 Å². The van der Waals surface area contributed by atoms with E-state index in [1.54, 1.807) is 17.8 Å². The van der Waals surface area contributed by atoms with E-state index in [2.05, 4.69) is 0 Å². The molecule has 5 heteroatoms. The summed E-state index contributed by atoms with van der Waals surface area (Å²) in [5.74, 6) is 1.55. The first-order valence-corrected chi connectivity index (χ1v) is 7.92. The minimum Gasteiger partial charge on any atom is -0.490 e. The van der Waals surface area contributed by atoms with Crippen LogP contribution in [0.3, 0.4) is 0 Å². The van der Waals surface area contributed by atoms with E-state index in [9.17, 15) is 5.11 Å². The minimum atomic E-state index is -0.00987. The van der Waals surface area contributed by atoms with Crippen molar-refractivity contribution in [3.8, 4) is 11.5 Å². The highest BCUT2D eigenvalue weighted by molar-refractivity contribution is 7.99. The molecule has 0 atom stereocenters. The topological polar surface area (TPSA) is 38.7 Å². The van der Waals surface area contributed by atoms with Crippen LogP contribution in [0.2, 0.25) is 5.02 Å². The van der Waals surface area contributed by atoms with Crippen molar-refractivity contribution in [2.75, 3.05) is 13.2 Å². The quantitative estimate of drug-likeness (QED) is 0.921. The van der Waals surface area contributed by atoms with Crippen LogP contribution in [0.1, 0.15) is 12.0 Å². The fourth-order valence-corrected chi connectivity index (χ4v) is 3.33. The summed E-state index contributed by atoms with van der Waals surface area (Å²) in [6.45, 7) is 1.34. The summed E-state index contributed by atoms with van der Waals surface area (Å²) < 4.78 is 11.3. The van der Waals surface area contributed by atoms with Crippen LogP contribution in [0, 0.1) is 0 Å². The highest BCUT2D eigenvalue weighted by atomic mass is 35.5. The molecule has 1 aliphatic rings. The van der Waals surface area contributed by atoms with E-state index in [0.29, 0.717) is 18.2 Å². The van der Waals surface area contributed by atoms with Crippen LogP contribution in [0.4, 0.5) is 0 Å². The monoisotopic (exact) mass is 322 g/mol. The fraction of sp³-hybridized carbons (Fsp3) is 0.250. The molecule has 2 aromatic rings. The van der Waals surface area contributed by atoms with Crippen molar-refractivity contribution in [1.29, 1.82) is 0 Å². The Bertz CT molecular complexity index is 645. The molecule has 3 rings (SSSR count). The van der Waals surface area contributed by atoms with Crippen molar-refractivity contribution in [3.63, 3.8) is 0 Å². The Morgan fingerprint density at radius 3 is 2.67 bits per heavy atom. The van der Waals surface area contributed by atoms with Gasteiger partial charge in [-0.05, 0) is 35.9 Å². The second-order valence-corrected chi connectivity index (χ2v) is 6.22. The third-order valence-electron chi connectivity index (χ3n) is 3.15. The number of ether oxygens (including phenoxy) is 2. The lowest BCUT2D eigenvalue weighted by atomic mass is 10.2. The zero-order chi connectivity index (χ0) is 14.7. The molecule has 0 radical (unpaired) electrons. The molecule has 2 aromatic carbocycles. The van der Waals surface area contributed by atoms with Gasteiger partial charge < -0.3 is 14.6 Å². The molecule has 0 saturated heterocycles. The maximum atomic E-state index is 9.42. The number of aliphatic hydroxyl groups excluding tert-OH is 1. The van der Waals surface area contributed by atoms with Gasteiger partial charge >= 0.3 is 0 Å². The number of rotatable bonds is 3. The summed E-state index contributed by atoms with van der Waals surface area (Å²) in [4.78, 5) is 1.97. The van der Waals surface area contributed by atoms with Crippen LogP contribution < -0.4 is 9.47 Å². The Morgan fingerprint density at radius 1 is 1.05 bits per heavy atom. The zero-order valence-electron chi connectivity index (χ0n) is 11.3. The van der Waals surface area contributed by atoms with E-state index in [1.807, 2.05) is 30.3 Å². The molecule has 0 aromatic heterocycles. The van der Waals surface area contributed by atoms with E-state index >= 15 is 0 Å². The van der Waals surface area contributed by atoms with Gasteiger partial charge in [0.25, 0.3) is 0 Å². The van der Waals surface area contributed by atoms with E-state index in [4.69, 9.17) is 21.1 Å². The van der Waals surface area contributed by atoms with Crippen molar-refractivity contribution in [2.24, 2.45) is 0 Å². The minimum absolute atomic E-state index is 0.00987. The first-order chi connectivity index (χ1) is 10.3. The molecule has 1 heterocycles. The normalized spacial score (nSPS) is 13.8. The van der Waals surface area contributed by atoms with E-state index in [1.165, 1.54) is 0 Å². The number of halogens is 1. The van der Waals surface area contributed by atoms with Gasteiger partial charge in [-0.2, -0.15) is 0 Å². The Hall–Kier alpha value is -1.36. The molecule has 0 bridgehead atoms. The number of aliphatic hydroxyl groups is 1. The third-order valence-corrected chi connectivity index (χ3v) is 4.47. The van der Waals surface area contributed by atoms with Crippen molar-refractivity contribution >= 4 is 23.4 Å². The number of benzene rings is 2. The largest absolute Gasteiger partial charge is 0.490 e. The smallest absolute Gasteiger partial charge is 0.162 e. The van der Waals surface area contributed by atoms with Gasteiger partial charge in [-0.3, -0.25) is 0 Å². The number of hydrogen-bond donors (Lipinski definition) is 1. The summed E-state index contributed by atoms with van der Waals surface area (Å²) >= 11 is 7.59. The second-order valence-electron chi connectivity index (χ2n) is 4.67. The molecule has 0 unspecified atom stereocenters. The van der Waals surface area contributed by atoms with Crippen LogP contribution in [0.25, 0.3) is 0 Å². The van der Waals surface area contributed by atoms with Crippen molar-refractivity contribution in [3.05, 3.63) is 47.0 Å². The third kappa shape index (κ3) is 3.46. The molecule has 1 aliphatic heterocycles. The Kier molecular flexibility index (Phi) is 4.58. The molecule has 0 amide bonds. The average Bonchev–Trinajstić information content (AvgIpc) is 2.72. The van der Waals surface area contributed by atoms with Crippen molar-refractivity contribution < 1.29 is 14.6 Å².